The standard InChI is InChI=1S/C22H24FN3O/c1-15-21(19-5-3-4-6-20(19)24-15)22(27)16(2)25-11-13-26(14-12-25)18-9-7-17(23)8-10-18/h3-10,16,24H,11-14H2,1-2H3/p+1/t16-/m0/s1. The maximum absolute atomic E-state index is 13.2. The van der Waals surface area contributed by atoms with Crippen molar-refractivity contribution < 1.29 is 14.1 Å². The zero-order valence-corrected chi connectivity index (χ0v) is 15.8. The van der Waals surface area contributed by atoms with Crippen molar-refractivity contribution in [2.75, 3.05) is 31.1 Å². The van der Waals surface area contributed by atoms with Gasteiger partial charge in [-0.05, 0) is 44.2 Å². The van der Waals surface area contributed by atoms with Crippen molar-refractivity contribution in [3.63, 3.8) is 0 Å². The number of benzene rings is 2. The number of aromatic amines is 1. The van der Waals surface area contributed by atoms with Crippen LogP contribution in [0, 0.1) is 12.7 Å². The Kier molecular flexibility index (Phi) is 4.70. The van der Waals surface area contributed by atoms with E-state index in [1.807, 2.05) is 50.2 Å². The van der Waals surface area contributed by atoms with Gasteiger partial charge in [-0.3, -0.25) is 4.79 Å². The number of nitrogens with zero attached hydrogens (tertiary/aromatic N) is 1. The van der Waals surface area contributed by atoms with Gasteiger partial charge < -0.3 is 14.8 Å². The Hall–Kier alpha value is -2.66. The third kappa shape index (κ3) is 3.35. The minimum atomic E-state index is -0.212. The first-order chi connectivity index (χ1) is 13.0. The van der Waals surface area contributed by atoms with E-state index >= 15 is 0 Å². The number of hydrogen-bond donors (Lipinski definition) is 2. The molecule has 0 saturated carbocycles. The fourth-order valence-electron chi connectivity index (χ4n) is 4.13. The summed E-state index contributed by atoms with van der Waals surface area (Å²) in [5.74, 6) is -0.00786. The van der Waals surface area contributed by atoms with Crippen LogP contribution in [0.4, 0.5) is 10.1 Å². The Balaban J connectivity index is 1.47. The molecule has 2 heterocycles. The number of carbonyl (C=O) groups is 1. The fraction of sp³-hybridized carbons (Fsp3) is 0.318. The molecular weight excluding hydrogens is 341 g/mol. The highest BCUT2D eigenvalue weighted by Gasteiger charge is 2.32. The smallest absolute Gasteiger partial charge is 0.222 e. The van der Waals surface area contributed by atoms with E-state index in [1.165, 1.54) is 17.0 Å². The molecule has 4 nitrogen and oxygen atoms in total. The molecule has 2 aromatic carbocycles. The van der Waals surface area contributed by atoms with Crippen molar-refractivity contribution in [1.29, 1.82) is 0 Å². The molecule has 27 heavy (non-hydrogen) atoms. The summed E-state index contributed by atoms with van der Waals surface area (Å²) in [4.78, 5) is 20.1. The van der Waals surface area contributed by atoms with Gasteiger partial charge in [0.1, 0.15) is 11.9 Å². The van der Waals surface area contributed by atoms with Crippen LogP contribution in [0.3, 0.4) is 0 Å². The van der Waals surface area contributed by atoms with Gasteiger partial charge in [-0.2, -0.15) is 0 Å². The summed E-state index contributed by atoms with van der Waals surface area (Å²) in [7, 11) is 0. The van der Waals surface area contributed by atoms with Gasteiger partial charge in [0.2, 0.25) is 5.78 Å². The average Bonchev–Trinajstić information content (AvgIpc) is 3.03. The Labute approximate surface area is 158 Å². The van der Waals surface area contributed by atoms with Gasteiger partial charge in [-0.25, -0.2) is 4.39 Å². The molecule has 0 unspecified atom stereocenters. The number of para-hydroxylation sites is 1. The molecule has 4 rings (SSSR count). The predicted octanol–water partition coefficient (Wildman–Crippen LogP) is 2.59. The molecule has 140 valence electrons. The number of halogens is 1. The van der Waals surface area contributed by atoms with Crippen LogP contribution in [0.5, 0.6) is 0 Å². The molecule has 1 atom stereocenters. The van der Waals surface area contributed by atoms with Crippen LogP contribution in [0.25, 0.3) is 10.9 Å². The van der Waals surface area contributed by atoms with Crippen LogP contribution in [-0.4, -0.2) is 43.0 Å². The summed E-state index contributed by atoms with van der Waals surface area (Å²) in [6.07, 6.45) is 0. The molecule has 1 aliphatic rings. The van der Waals surface area contributed by atoms with Crippen LogP contribution >= 0.6 is 0 Å². The Morgan fingerprint density at radius 3 is 2.48 bits per heavy atom. The lowest BCUT2D eigenvalue weighted by Gasteiger charge is -2.36. The number of piperazine rings is 1. The molecular formula is C22H25FN3O+. The highest BCUT2D eigenvalue weighted by molar-refractivity contribution is 6.10. The van der Waals surface area contributed by atoms with E-state index in [0.29, 0.717) is 0 Å². The number of anilines is 1. The van der Waals surface area contributed by atoms with Gasteiger partial charge in [0.25, 0.3) is 0 Å². The number of ketones is 1. The summed E-state index contributed by atoms with van der Waals surface area (Å²) >= 11 is 0. The molecule has 0 spiro atoms. The van der Waals surface area contributed by atoms with E-state index in [-0.39, 0.29) is 17.6 Å². The van der Waals surface area contributed by atoms with Crippen LogP contribution in [0.1, 0.15) is 23.0 Å². The van der Waals surface area contributed by atoms with Gasteiger partial charge in [0.15, 0.2) is 0 Å². The average molecular weight is 366 g/mol. The zero-order valence-electron chi connectivity index (χ0n) is 15.8. The molecule has 0 bridgehead atoms. The van der Waals surface area contributed by atoms with Gasteiger partial charge >= 0.3 is 0 Å². The summed E-state index contributed by atoms with van der Waals surface area (Å²) in [5.41, 5.74) is 3.83. The zero-order chi connectivity index (χ0) is 19.0. The first-order valence-corrected chi connectivity index (χ1v) is 9.51. The molecule has 1 fully saturated rings. The number of fused-ring (bicyclic) bond motifs is 1. The SMILES string of the molecule is Cc1[nH]c2ccccc2c1C(=O)[C@H](C)[NH+]1CCN(c2ccc(F)cc2)CC1. The van der Waals surface area contributed by atoms with E-state index in [0.717, 1.165) is 54.0 Å². The van der Waals surface area contributed by atoms with E-state index in [9.17, 15) is 9.18 Å². The first kappa shape index (κ1) is 17.7. The minimum absolute atomic E-state index is 0.0849. The molecule has 2 N–H and O–H groups in total. The Bertz CT molecular complexity index is 955. The second-order valence-corrected chi connectivity index (χ2v) is 7.38. The van der Waals surface area contributed by atoms with Crippen LogP contribution in [0.15, 0.2) is 48.5 Å². The Morgan fingerprint density at radius 2 is 1.78 bits per heavy atom. The molecule has 0 amide bonds. The molecule has 1 saturated heterocycles. The number of aromatic nitrogens is 1. The van der Waals surface area contributed by atoms with E-state index in [1.54, 1.807) is 0 Å². The third-order valence-electron chi connectivity index (χ3n) is 5.74. The summed E-state index contributed by atoms with van der Waals surface area (Å²) in [6, 6.07) is 14.5. The van der Waals surface area contributed by atoms with Crippen molar-refractivity contribution in [1.82, 2.24) is 4.98 Å². The molecule has 5 heteroatoms. The highest BCUT2D eigenvalue weighted by Crippen LogP contribution is 2.23. The van der Waals surface area contributed by atoms with Gasteiger partial charge in [-0.1, -0.05) is 18.2 Å². The fourth-order valence-corrected chi connectivity index (χ4v) is 4.13. The van der Waals surface area contributed by atoms with Crippen LogP contribution in [0.2, 0.25) is 0 Å². The lowest BCUT2D eigenvalue weighted by atomic mass is 10.0. The van der Waals surface area contributed by atoms with E-state index in [2.05, 4.69) is 9.88 Å². The number of H-pyrrole nitrogens is 1. The number of rotatable bonds is 4. The molecule has 3 aromatic rings. The lowest BCUT2D eigenvalue weighted by molar-refractivity contribution is -0.914. The van der Waals surface area contributed by atoms with Gasteiger partial charge in [-0.15, -0.1) is 0 Å². The number of nitrogens with one attached hydrogen (secondary N) is 2. The molecule has 1 aromatic heterocycles. The number of Topliss-reactive ketones (excluding diaryl/α,β-unsaturated/α-hetero) is 1. The second kappa shape index (κ2) is 7.16. The highest BCUT2D eigenvalue weighted by atomic mass is 19.1. The second-order valence-electron chi connectivity index (χ2n) is 7.38. The maximum Gasteiger partial charge on any atom is 0.222 e. The summed E-state index contributed by atoms with van der Waals surface area (Å²) in [6.45, 7) is 7.53. The third-order valence-corrected chi connectivity index (χ3v) is 5.74. The number of quaternary nitrogens is 1. The minimum Gasteiger partial charge on any atom is -0.360 e. The van der Waals surface area contributed by atoms with Crippen LogP contribution in [-0.2, 0) is 0 Å². The summed E-state index contributed by atoms with van der Waals surface area (Å²) < 4.78 is 13.1. The number of carbonyl (C=O) groups excluding carboxylic acids is 1. The topological polar surface area (TPSA) is 40.5 Å². The normalized spacial score (nSPS) is 16.6. The van der Waals surface area contributed by atoms with Crippen molar-refractivity contribution in [3.05, 3.63) is 65.6 Å². The largest absolute Gasteiger partial charge is 0.360 e. The quantitative estimate of drug-likeness (QED) is 0.697. The maximum atomic E-state index is 13.2. The number of hydrogen-bond acceptors (Lipinski definition) is 2. The summed E-state index contributed by atoms with van der Waals surface area (Å²) in [5, 5.41) is 1.01. The Morgan fingerprint density at radius 1 is 1.11 bits per heavy atom. The van der Waals surface area contributed by atoms with Crippen LogP contribution < -0.4 is 9.80 Å². The predicted molar refractivity (Wildman–Crippen MR) is 106 cm³/mol. The molecule has 1 aliphatic heterocycles. The van der Waals surface area contributed by atoms with E-state index in [4.69, 9.17) is 0 Å². The number of aryl methyl sites for hydroxylation is 1. The molecule has 0 radical (unpaired) electrons. The van der Waals surface area contributed by atoms with Crippen molar-refractivity contribution in [2.45, 2.75) is 19.9 Å². The van der Waals surface area contributed by atoms with Gasteiger partial charge in [0, 0.05) is 22.3 Å². The van der Waals surface area contributed by atoms with E-state index < -0.39 is 0 Å². The van der Waals surface area contributed by atoms with Crippen molar-refractivity contribution in [2.24, 2.45) is 0 Å². The van der Waals surface area contributed by atoms with Crippen molar-refractivity contribution in [3.8, 4) is 0 Å². The lowest BCUT2D eigenvalue weighted by Crippen LogP contribution is -3.18. The van der Waals surface area contributed by atoms with Gasteiger partial charge in [0.05, 0.1) is 31.7 Å². The van der Waals surface area contributed by atoms with Crippen molar-refractivity contribution >= 4 is 22.4 Å². The first-order valence-electron chi connectivity index (χ1n) is 9.51. The monoisotopic (exact) mass is 366 g/mol. The molecule has 0 aliphatic carbocycles.